The van der Waals surface area contributed by atoms with Crippen molar-refractivity contribution >= 4 is 5.78 Å². The Labute approximate surface area is 95.6 Å². The van der Waals surface area contributed by atoms with Crippen molar-refractivity contribution in [3.8, 4) is 0 Å². The summed E-state index contributed by atoms with van der Waals surface area (Å²) in [5.41, 5.74) is -0.509. The lowest BCUT2D eigenvalue weighted by Gasteiger charge is -2.38. The van der Waals surface area contributed by atoms with Gasteiger partial charge in [-0.2, -0.15) is 0 Å². The first-order valence-electron chi connectivity index (χ1n) is 5.80. The van der Waals surface area contributed by atoms with Gasteiger partial charge >= 0.3 is 0 Å². The van der Waals surface area contributed by atoms with Gasteiger partial charge in [0, 0.05) is 26.0 Å². The third kappa shape index (κ3) is 1.78. The smallest absolute Gasteiger partial charge is 0.172 e. The summed E-state index contributed by atoms with van der Waals surface area (Å²) in [6.45, 7) is 2.90. The van der Waals surface area contributed by atoms with E-state index in [-0.39, 0.29) is 5.78 Å². The van der Waals surface area contributed by atoms with Crippen LogP contribution in [0.3, 0.4) is 0 Å². The number of aryl methyl sites for hydroxylation is 1. The second-order valence-electron chi connectivity index (χ2n) is 4.28. The van der Waals surface area contributed by atoms with Gasteiger partial charge in [-0.25, -0.2) is 4.98 Å². The lowest BCUT2D eigenvalue weighted by atomic mass is 9.76. The SMILES string of the molecule is CCn1ccnc1CC(=O)C1(OC)CCC1. The molecule has 0 unspecified atom stereocenters. The molecular weight excluding hydrogens is 204 g/mol. The van der Waals surface area contributed by atoms with E-state index in [1.54, 1.807) is 13.3 Å². The first kappa shape index (κ1) is 11.3. The molecule has 16 heavy (non-hydrogen) atoms. The molecule has 0 radical (unpaired) electrons. The van der Waals surface area contributed by atoms with E-state index < -0.39 is 5.60 Å². The Morgan fingerprint density at radius 3 is 2.88 bits per heavy atom. The number of methoxy groups -OCH3 is 1. The number of aromatic nitrogens is 2. The molecule has 1 fully saturated rings. The molecule has 0 bridgehead atoms. The van der Waals surface area contributed by atoms with E-state index >= 15 is 0 Å². The van der Waals surface area contributed by atoms with E-state index in [4.69, 9.17) is 4.74 Å². The van der Waals surface area contributed by atoms with Gasteiger partial charge in [-0.05, 0) is 26.2 Å². The number of rotatable bonds is 5. The fourth-order valence-electron chi connectivity index (χ4n) is 2.19. The molecule has 0 saturated heterocycles. The zero-order valence-electron chi connectivity index (χ0n) is 9.90. The average Bonchev–Trinajstić information content (AvgIpc) is 2.64. The van der Waals surface area contributed by atoms with Crippen molar-refractivity contribution in [1.29, 1.82) is 0 Å². The summed E-state index contributed by atoms with van der Waals surface area (Å²) in [5.74, 6) is 1.01. The number of carbonyl (C=O) groups excluding carboxylic acids is 1. The maximum absolute atomic E-state index is 12.1. The van der Waals surface area contributed by atoms with Crippen LogP contribution >= 0.6 is 0 Å². The summed E-state index contributed by atoms with van der Waals surface area (Å²) in [5, 5.41) is 0. The minimum atomic E-state index is -0.509. The van der Waals surface area contributed by atoms with E-state index in [9.17, 15) is 4.79 Å². The average molecular weight is 222 g/mol. The molecule has 1 heterocycles. The predicted molar refractivity (Wildman–Crippen MR) is 60.2 cm³/mol. The highest BCUT2D eigenvalue weighted by atomic mass is 16.5. The Bertz CT molecular complexity index is 375. The maximum Gasteiger partial charge on any atom is 0.172 e. The normalized spacial score (nSPS) is 18.1. The largest absolute Gasteiger partial charge is 0.370 e. The number of hydrogen-bond donors (Lipinski definition) is 0. The van der Waals surface area contributed by atoms with Crippen molar-refractivity contribution in [3.05, 3.63) is 18.2 Å². The van der Waals surface area contributed by atoms with Gasteiger partial charge in [0.2, 0.25) is 0 Å². The lowest BCUT2D eigenvalue weighted by molar-refractivity contribution is -0.151. The van der Waals surface area contributed by atoms with Crippen LogP contribution in [0.5, 0.6) is 0 Å². The van der Waals surface area contributed by atoms with Gasteiger partial charge in [0.05, 0.1) is 6.42 Å². The fourth-order valence-corrected chi connectivity index (χ4v) is 2.19. The van der Waals surface area contributed by atoms with Crippen molar-refractivity contribution in [2.75, 3.05) is 7.11 Å². The molecule has 1 saturated carbocycles. The topological polar surface area (TPSA) is 44.1 Å². The van der Waals surface area contributed by atoms with Crippen LogP contribution in [-0.2, 0) is 22.5 Å². The first-order valence-corrected chi connectivity index (χ1v) is 5.80. The number of ether oxygens (including phenoxy) is 1. The van der Waals surface area contributed by atoms with Crippen molar-refractivity contribution < 1.29 is 9.53 Å². The van der Waals surface area contributed by atoms with Crippen molar-refractivity contribution in [1.82, 2.24) is 9.55 Å². The lowest BCUT2D eigenvalue weighted by Crippen LogP contribution is -2.48. The van der Waals surface area contributed by atoms with Crippen LogP contribution in [0.15, 0.2) is 12.4 Å². The molecular formula is C12H18N2O2. The summed E-state index contributed by atoms with van der Waals surface area (Å²) < 4.78 is 7.37. The van der Waals surface area contributed by atoms with Crippen LogP contribution in [0, 0.1) is 0 Å². The molecule has 88 valence electrons. The van der Waals surface area contributed by atoms with Crippen molar-refractivity contribution in [2.24, 2.45) is 0 Å². The fraction of sp³-hybridized carbons (Fsp3) is 0.667. The van der Waals surface area contributed by atoms with Gasteiger partial charge in [0.1, 0.15) is 11.4 Å². The minimum absolute atomic E-state index is 0.169. The number of carbonyl (C=O) groups is 1. The summed E-state index contributed by atoms with van der Waals surface area (Å²) in [7, 11) is 1.63. The number of hydrogen-bond acceptors (Lipinski definition) is 3. The van der Waals surface area contributed by atoms with Crippen molar-refractivity contribution in [3.63, 3.8) is 0 Å². The molecule has 4 heteroatoms. The van der Waals surface area contributed by atoms with Crippen LogP contribution in [0.25, 0.3) is 0 Å². The number of Topliss-reactive ketones (excluding diaryl/α,β-unsaturated/α-hetero) is 1. The Hall–Kier alpha value is -1.16. The third-order valence-electron chi connectivity index (χ3n) is 3.52. The molecule has 4 nitrogen and oxygen atoms in total. The van der Waals surface area contributed by atoms with Crippen LogP contribution < -0.4 is 0 Å². The van der Waals surface area contributed by atoms with E-state index in [1.165, 1.54) is 0 Å². The van der Waals surface area contributed by atoms with Gasteiger partial charge in [-0.1, -0.05) is 0 Å². The quantitative estimate of drug-likeness (QED) is 0.759. The highest BCUT2D eigenvalue weighted by Crippen LogP contribution is 2.36. The number of nitrogens with zero attached hydrogens (tertiary/aromatic N) is 2. The minimum Gasteiger partial charge on any atom is -0.370 e. The van der Waals surface area contributed by atoms with Crippen LogP contribution in [0.2, 0.25) is 0 Å². The molecule has 0 N–H and O–H groups in total. The Balaban J connectivity index is 2.07. The molecule has 2 rings (SSSR count). The van der Waals surface area contributed by atoms with Gasteiger partial charge < -0.3 is 9.30 Å². The van der Waals surface area contributed by atoms with E-state index in [0.29, 0.717) is 6.42 Å². The molecule has 0 spiro atoms. The molecule has 0 aliphatic heterocycles. The Kier molecular flexibility index (Phi) is 3.10. The van der Waals surface area contributed by atoms with Crippen LogP contribution in [0.1, 0.15) is 32.0 Å². The summed E-state index contributed by atoms with van der Waals surface area (Å²) in [6, 6.07) is 0. The van der Waals surface area contributed by atoms with E-state index in [2.05, 4.69) is 4.98 Å². The zero-order valence-corrected chi connectivity index (χ0v) is 9.90. The summed E-state index contributed by atoms with van der Waals surface area (Å²) in [6.07, 6.45) is 6.83. The van der Waals surface area contributed by atoms with Gasteiger partial charge in [0.25, 0.3) is 0 Å². The summed E-state index contributed by atoms with van der Waals surface area (Å²) in [4.78, 5) is 16.4. The van der Waals surface area contributed by atoms with Gasteiger partial charge in [0.15, 0.2) is 5.78 Å². The van der Waals surface area contributed by atoms with Gasteiger partial charge in [-0.3, -0.25) is 4.79 Å². The second kappa shape index (κ2) is 4.37. The first-order chi connectivity index (χ1) is 7.72. The summed E-state index contributed by atoms with van der Waals surface area (Å²) >= 11 is 0. The molecule has 0 aromatic carbocycles. The predicted octanol–water partition coefficient (Wildman–Crippen LogP) is 1.58. The van der Waals surface area contributed by atoms with Crippen molar-refractivity contribution in [2.45, 2.75) is 44.8 Å². The second-order valence-corrected chi connectivity index (χ2v) is 4.28. The molecule has 1 aromatic rings. The number of imidazole rings is 1. The standard InChI is InChI=1S/C12H18N2O2/c1-3-14-8-7-13-11(14)9-10(15)12(16-2)5-4-6-12/h7-8H,3-6,9H2,1-2H3. The maximum atomic E-state index is 12.1. The van der Waals surface area contributed by atoms with E-state index in [0.717, 1.165) is 31.6 Å². The molecule has 1 aliphatic carbocycles. The Morgan fingerprint density at radius 1 is 1.62 bits per heavy atom. The third-order valence-corrected chi connectivity index (χ3v) is 3.52. The molecule has 1 aromatic heterocycles. The van der Waals surface area contributed by atoms with Crippen LogP contribution in [-0.4, -0.2) is 28.0 Å². The highest BCUT2D eigenvalue weighted by Gasteiger charge is 2.44. The zero-order chi connectivity index (χ0) is 11.6. The molecule has 1 aliphatic rings. The number of ketones is 1. The van der Waals surface area contributed by atoms with E-state index in [1.807, 2.05) is 17.7 Å². The van der Waals surface area contributed by atoms with Gasteiger partial charge in [-0.15, -0.1) is 0 Å². The Morgan fingerprint density at radius 2 is 2.38 bits per heavy atom. The van der Waals surface area contributed by atoms with Crippen LogP contribution in [0.4, 0.5) is 0 Å². The molecule has 0 atom stereocenters. The molecule has 0 amide bonds. The highest BCUT2D eigenvalue weighted by molar-refractivity contribution is 5.89. The monoisotopic (exact) mass is 222 g/mol.